The first-order chi connectivity index (χ1) is 9.47. The average Bonchev–Trinajstić information content (AvgIpc) is 2.42. The SMILES string of the molecule is Nc1ccc(F)c(C(=O)OCc2ccc(Cl)c(F)c2)c1. The van der Waals surface area contributed by atoms with Crippen molar-refractivity contribution >= 4 is 23.3 Å². The summed E-state index contributed by atoms with van der Waals surface area (Å²) in [5, 5.41) is -0.0260. The molecule has 2 aromatic rings. The van der Waals surface area contributed by atoms with Gasteiger partial charge in [0.2, 0.25) is 0 Å². The van der Waals surface area contributed by atoms with E-state index in [1.165, 1.54) is 24.3 Å². The van der Waals surface area contributed by atoms with Crippen LogP contribution in [0, 0.1) is 11.6 Å². The Balaban J connectivity index is 2.08. The Bertz CT molecular complexity index is 662. The van der Waals surface area contributed by atoms with Crippen LogP contribution >= 0.6 is 11.6 Å². The van der Waals surface area contributed by atoms with Crippen LogP contribution < -0.4 is 5.73 Å². The van der Waals surface area contributed by atoms with Gasteiger partial charge in [-0.3, -0.25) is 0 Å². The van der Waals surface area contributed by atoms with Crippen LogP contribution in [0.25, 0.3) is 0 Å². The number of rotatable bonds is 3. The fraction of sp³-hybridized carbons (Fsp3) is 0.0714. The zero-order valence-corrected chi connectivity index (χ0v) is 11.0. The Morgan fingerprint density at radius 2 is 1.90 bits per heavy atom. The second-order valence-corrected chi connectivity index (χ2v) is 4.47. The summed E-state index contributed by atoms with van der Waals surface area (Å²) in [6.45, 7) is -0.193. The molecule has 0 aliphatic heterocycles. The molecule has 0 saturated heterocycles. The Morgan fingerprint density at radius 3 is 2.60 bits per heavy atom. The predicted molar refractivity (Wildman–Crippen MR) is 71.3 cm³/mol. The predicted octanol–water partition coefficient (Wildman–Crippen LogP) is 3.56. The van der Waals surface area contributed by atoms with Gasteiger partial charge in [0.05, 0.1) is 10.6 Å². The number of anilines is 1. The highest BCUT2D eigenvalue weighted by molar-refractivity contribution is 6.30. The lowest BCUT2D eigenvalue weighted by molar-refractivity contribution is 0.0467. The summed E-state index contributed by atoms with van der Waals surface area (Å²) in [6, 6.07) is 7.59. The minimum absolute atomic E-state index is 0.0260. The van der Waals surface area contributed by atoms with E-state index in [4.69, 9.17) is 22.1 Å². The van der Waals surface area contributed by atoms with E-state index in [-0.39, 0.29) is 22.9 Å². The standard InChI is InChI=1S/C14H10ClF2NO2/c15-11-3-1-8(5-13(11)17)7-20-14(19)10-6-9(18)2-4-12(10)16/h1-6H,7,18H2. The van der Waals surface area contributed by atoms with E-state index in [2.05, 4.69) is 0 Å². The molecule has 0 amide bonds. The fourth-order valence-corrected chi connectivity index (χ4v) is 1.67. The van der Waals surface area contributed by atoms with Crippen LogP contribution in [0.2, 0.25) is 5.02 Å². The second kappa shape index (κ2) is 5.88. The fourth-order valence-electron chi connectivity index (χ4n) is 1.56. The third-order valence-electron chi connectivity index (χ3n) is 2.56. The molecule has 2 N–H and O–H groups in total. The number of esters is 1. The van der Waals surface area contributed by atoms with Gasteiger partial charge >= 0.3 is 5.97 Å². The molecule has 0 spiro atoms. The van der Waals surface area contributed by atoms with Crippen molar-refractivity contribution < 1.29 is 18.3 Å². The van der Waals surface area contributed by atoms with Crippen molar-refractivity contribution in [3.8, 4) is 0 Å². The number of carbonyl (C=O) groups excluding carboxylic acids is 1. The number of halogens is 3. The molecule has 2 aromatic carbocycles. The van der Waals surface area contributed by atoms with Crippen LogP contribution in [0.1, 0.15) is 15.9 Å². The Morgan fingerprint density at radius 1 is 1.15 bits per heavy atom. The highest BCUT2D eigenvalue weighted by atomic mass is 35.5. The number of hydrogen-bond donors (Lipinski definition) is 1. The molecule has 0 unspecified atom stereocenters. The number of benzene rings is 2. The highest BCUT2D eigenvalue weighted by Gasteiger charge is 2.14. The van der Waals surface area contributed by atoms with Crippen LogP contribution in [-0.2, 0) is 11.3 Å². The largest absolute Gasteiger partial charge is 0.457 e. The highest BCUT2D eigenvalue weighted by Crippen LogP contribution is 2.17. The Kier molecular flexibility index (Phi) is 4.20. The summed E-state index contributed by atoms with van der Waals surface area (Å²) in [5.74, 6) is -2.22. The zero-order chi connectivity index (χ0) is 14.7. The van der Waals surface area contributed by atoms with Gasteiger partial charge in [0.1, 0.15) is 18.2 Å². The van der Waals surface area contributed by atoms with E-state index >= 15 is 0 Å². The first-order valence-corrected chi connectivity index (χ1v) is 6.01. The molecule has 6 heteroatoms. The Labute approximate surface area is 118 Å². The molecule has 0 aliphatic rings. The summed E-state index contributed by atoms with van der Waals surface area (Å²) in [7, 11) is 0. The van der Waals surface area contributed by atoms with E-state index < -0.39 is 17.6 Å². The van der Waals surface area contributed by atoms with Gasteiger partial charge in [-0.2, -0.15) is 0 Å². The van der Waals surface area contributed by atoms with E-state index in [1.54, 1.807) is 0 Å². The number of nitrogen functional groups attached to an aromatic ring is 1. The topological polar surface area (TPSA) is 52.3 Å². The molecule has 0 atom stereocenters. The number of ether oxygens (including phenoxy) is 1. The monoisotopic (exact) mass is 297 g/mol. The number of nitrogens with two attached hydrogens (primary N) is 1. The van der Waals surface area contributed by atoms with E-state index in [9.17, 15) is 13.6 Å². The van der Waals surface area contributed by atoms with E-state index in [0.717, 1.165) is 12.1 Å². The third-order valence-corrected chi connectivity index (χ3v) is 2.87. The molecule has 2 rings (SSSR count). The molecule has 0 fully saturated rings. The minimum Gasteiger partial charge on any atom is -0.457 e. The van der Waals surface area contributed by atoms with Crippen molar-refractivity contribution in [3.63, 3.8) is 0 Å². The summed E-state index contributed by atoms with van der Waals surface area (Å²) >= 11 is 5.53. The third kappa shape index (κ3) is 3.24. The van der Waals surface area contributed by atoms with Crippen LogP contribution in [0.5, 0.6) is 0 Å². The lowest BCUT2D eigenvalue weighted by Gasteiger charge is -2.07. The van der Waals surface area contributed by atoms with Gasteiger partial charge < -0.3 is 10.5 Å². The van der Waals surface area contributed by atoms with Gasteiger partial charge in [-0.1, -0.05) is 17.7 Å². The van der Waals surface area contributed by atoms with Crippen molar-refractivity contribution in [3.05, 3.63) is 64.2 Å². The van der Waals surface area contributed by atoms with Gasteiger partial charge in [-0.15, -0.1) is 0 Å². The van der Waals surface area contributed by atoms with E-state index in [1.807, 2.05) is 0 Å². The van der Waals surface area contributed by atoms with Crippen molar-refractivity contribution in [2.24, 2.45) is 0 Å². The molecule has 0 saturated carbocycles. The summed E-state index contributed by atoms with van der Waals surface area (Å²) in [5.41, 5.74) is 5.86. The van der Waals surface area contributed by atoms with Gasteiger partial charge in [-0.25, -0.2) is 13.6 Å². The minimum atomic E-state index is -0.870. The van der Waals surface area contributed by atoms with Gasteiger partial charge in [0.25, 0.3) is 0 Å². The van der Waals surface area contributed by atoms with Crippen LogP contribution in [0.4, 0.5) is 14.5 Å². The molecule has 0 aromatic heterocycles. The van der Waals surface area contributed by atoms with E-state index in [0.29, 0.717) is 5.56 Å². The maximum Gasteiger partial charge on any atom is 0.341 e. The summed E-state index contributed by atoms with van der Waals surface area (Å²) in [4.78, 5) is 11.7. The molecule has 0 radical (unpaired) electrons. The van der Waals surface area contributed by atoms with Gasteiger partial charge in [0.15, 0.2) is 0 Å². The van der Waals surface area contributed by atoms with Crippen molar-refractivity contribution in [1.82, 2.24) is 0 Å². The summed E-state index contributed by atoms with van der Waals surface area (Å²) < 4.78 is 31.5. The lowest BCUT2D eigenvalue weighted by Crippen LogP contribution is -2.08. The van der Waals surface area contributed by atoms with Crippen LogP contribution in [0.3, 0.4) is 0 Å². The van der Waals surface area contributed by atoms with Crippen molar-refractivity contribution in [2.45, 2.75) is 6.61 Å². The summed E-state index contributed by atoms with van der Waals surface area (Å²) in [6.07, 6.45) is 0. The molecule has 3 nitrogen and oxygen atoms in total. The van der Waals surface area contributed by atoms with Crippen molar-refractivity contribution in [2.75, 3.05) is 5.73 Å². The van der Waals surface area contributed by atoms with Gasteiger partial charge in [-0.05, 0) is 35.9 Å². The molecule has 0 aliphatic carbocycles. The van der Waals surface area contributed by atoms with Gasteiger partial charge in [0, 0.05) is 5.69 Å². The Hall–Kier alpha value is -2.14. The molecule has 0 bridgehead atoms. The van der Waals surface area contributed by atoms with Crippen LogP contribution in [0.15, 0.2) is 36.4 Å². The molecular formula is C14H10ClF2NO2. The number of carbonyl (C=O) groups is 1. The normalized spacial score (nSPS) is 10.3. The second-order valence-electron chi connectivity index (χ2n) is 4.06. The molecule has 0 heterocycles. The maximum atomic E-state index is 13.4. The number of hydrogen-bond acceptors (Lipinski definition) is 3. The average molecular weight is 298 g/mol. The lowest BCUT2D eigenvalue weighted by atomic mass is 10.2. The molecule has 104 valence electrons. The maximum absolute atomic E-state index is 13.4. The van der Waals surface area contributed by atoms with Crippen LogP contribution in [-0.4, -0.2) is 5.97 Å². The zero-order valence-electron chi connectivity index (χ0n) is 10.2. The first kappa shape index (κ1) is 14.3. The van der Waals surface area contributed by atoms with Crippen molar-refractivity contribution in [1.29, 1.82) is 0 Å². The first-order valence-electron chi connectivity index (χ1n) is 5.63. The molecular weight excluding hydrogens is 288 g/mol. The smallest absolute Gasteiger partial charge is 0.341 e. The quantitative estimate of drug-likeness (QED) is 0.696. The molecule has 20 heavy (non-hydrogen) atoms.